The fraction of sp³-hybridized carbons (Fsp3) is 0.562. The molecule has 1 amide bonds. The summed E-state index contributed by atoms with van der Waals surface area (Å²) >= 11 is 0. The van der Waals surface area contributed by atoms with Gasteiger partial charge in [0.05, 0.1) is 13.2 Å². The van der Waals surface area contributed by atoms with Crippen LogP contribution in [0.4, 0.5) is 0 Å². The third-order valence-electron chi connectivity index (χ3n) is 3.53. The van der Waals surface area contributed by atoms with Crippen molar-refractivity contribution in [2.75, 3.05) is 39.5 Å². The summed E-state index contributed by atoms with van der Waals surface area (Å²) in [5.74, 6) is 0.939. The summed E-state index contributed by atoms with van der Waals surface area (Å²) in [6, 6.07) is 8.20. The van der Waals surface area contributed by atoms with Gasteiger partial charge < -0.3 is 19.7 Å². The predicted molar refractivity (Wildman–Crippen MR) is 81.4 cm³/mol. The molecule has 116 valence electrons. The molecule has 0 aromatic heterocycles. The fourth-order valence-electron chi connectivity index (χ4n) is 2.46. The van der Waals surface area contributed by atoms with Crippen molar-refractivity contribution in [1.29, 1.82) is 0 Å². The zero-order chi connectivity index (χ0) is 15.1. The van der Waals surface area contributed by atoms with Gasteiger partial charge in [0, 0.05) is 19.1 Å². The van der Waals surface area contributed by atoms with Crippen molar-refractivity contribution >= 4 is 5.91 Å². The number of morpholine rings is 1. The van der Waals surface area contributed by atoms with Gasteiger partial charge >= 0.3 is 0 Å². The minimum absolute atomic E-state index is 0.0649. The van der Waals surface area contributed by atoms with Crippen molar-refractivity contribution < 1.29 is 14.3 Å². The standard InChI is InChI=1S/C16H24N2O3/c1-3-17-15(11-18-9-10-20-12-16(18)19)13-5-7-14(8-6-13)21-4-2/h5-8,15,17H,3-4,9-12H2,1-2H3. The number of carbonyl (C=O) groups excluding carboxylic acids is 1. The molecule has 1 aromatic carbocycles. The number of hydrogen-bond acceptors (Lipinski definition) is 4. The lowest BCUT2D eigenvalue weighted by atomic mass is 10.1. The molecule has 1 fully saturated rings. The van der Waals surface area contributed by atoms with Gasteiger partial charge in [-0.05, 0) is 31.2 Å². The molecule has 5 nitrogen and oxygen atoms in total. The Hall–Kier alpha value is -1.59. The topological polar surface area (TPSA) is 50.8 Å². The van der Waals surface area contributed by atoms with E-state index in [2.05, 4.69) is 24.4 Å². The zero-order valence-electron chi connectivity index (χ0n) is 12.8. The normalized spacial score (nSPS) is 16.9. The predicted octanol–water partition coefficient (Wildman–Crippen LogP) is 1.59. The van der Waals surface area contributed by atoms with E-state index in [1.54, 1.807) is 0 Å². The molecule has 5 heteroatoms. The molecule has 0 saturated carbocycles. The third-order valence-corrected chi connectivity index (χ3v) is 3.53. The van der Waals surface area contributed by atoms with E-state index in [4.69, 9.17) is 9.47 Å². The molecular weight excluding hydrogens is 268 g/mol. The van der Waals surface area contributed by atoms with Crippen LogP contribution in [0.2, 0.25) is 0 Å². The first-order chi connectivity index (χ1) is 10.2. The number of carbonyl (C=O) groups is 1. The molecule has 1 aliphatic heterocycles. The second-order valence-corrected chi connectivity index (χ2v) is 5.00. The summed E-state index contributed by atoms with van der Waals surface area (Å²) in [5, 5.41) is 3.44. The van der Waals surface area contributed by atoms with Crippen LogP contribution in [0.5, 0.6) is 5.75 Å². The highest BCUT2D eigenvalue weighted by Crippen LogP contribution is 2.19. The average Bonchev–Trinajstić information content (AvgIpc) is 2.50. The first-order valence-electron chi connectivity index (χ1n) is 7.56. The Morgan fingerprint density at radius 3 is 2.71 bits per heavy atom. The molecule has 0 radical (unpaired) electrons. The average molecular weight is 292 g/mol. The van der Waals surface area contributed by atoms with Crippen LogP contribution in [0.15, 0.2) is 24.3 Å². The Bertz CT molecular complexity index is 447. The highest BCUT2D eigenvalue weighted by Gasteiger charge is 2.22. The summed E-state index contributed by atoms with van der Waals surface area (Å²) in [5.41, 5.74) is 1.17. The van der Waals surface area contributed by atoms with Gasteiger partial charge in [-0.2, -0.15) is 0 Å². The molecular formula is C16H24N2O3. The molecule has 1 aliphatic rings. The van der Waals surface area contributed by atoms with Crippen molar-refractivity contribution in [3.05, 3.63) is 29.8 Å². The van der Waals surface area contributed by atoms with Crippen molar-refractivity contribution in [1.82, 2.24) is 10.2 Å². The summed E-state index contributed by atoms with van der Waals surface area (Å²) in [4.78, 5) is 13.7. The van der Waals surface area contributed by atoms with E-state index in [9.17, 15) is 4.79 Å². The zero-order valence-corrected chi connectivity index (χ0v) is 12.8. The fourth-order valence-corrected chi connectivity index (χ4v) is 2.46. The second kappa shape index (κ2) is 8.00. The lowest BCUT2D eigenvalue weighted by molar-refractivity contribution is -0.143. The quantitative estimate of drug-likeness (QED) is 0.829. The van der Waals surface area contributed by atoms with Gasteiger partial charge in [-0.25, -0.2) is 0 Å². The van der Waals surface area contributed by atoms with Crippen molar-refractivity contribution in [2.24, 2.45) is 0 Å². The lowest BCUT2D eigenvalue weighted by Crippen LogP contribution is -2.45. The Labute approximate surface area is 126 Å². The molecule has 0 bridgehead atoms. The van der Waals surface area contributed by atoms with Crippen LogP contribution in [0.25, 0.3) is 0 Å². The first kappa shape index (κ1) is 15.8. The van der Waals surface area contributed by atoms with Crippen LogP contribution in [0.1, 0.15) is 25.5 Å². The van der Waals surface area contributed by atoms with Gasteiger partial charge in [-0.3, -0.25) is 4.79 Å². The number of ether oxygens (including phenoxy) is 2. The van der Waals surface area contributed by atoms with Crippen molar-refractivity contribution in [3.8, 4) is 5.75 Å². The lowest BCUT2D eigenvalue weighted by Gasteiger charge is -2.31. The highest BCUT2D eigenvalue weighted by molar-refractivity contribution is 5.78. The molecule has 0 aliphatic carbocycles. The SMILES string of the molecule is CCNC(CN1CCOCC1=O)c1ccc(OCC)cc1. The van der Waals surface area contributed by atoms with E-state index in [0.717, 1.165) is 12.3 Å². The van der Waals surface area contributed by atoms with Gasteiger partial charge in [-0.15, -0.1) is 0 Å². The van der Waals surface area contributed by atoms with E-state index in [0.29, 0.717) is 26.3 Å². The number of nitrogens with one attached hydrogen (secondary N) is 1. The largest absolute Gasteiger partial charge is 0.494 e. The van der Waals surface area contributed by atoms with Crippen molar-refractivity contribution in [2.45, 2.75) is 19.9 Å². The number of rotatable bonds is 7. The van der Waals surface area contributed by atoms with Crippen LogP contribution in [-0.2, 0) is 9.53 Å². The first-order valence-corrected chi connectivity index (χ1v) is 7.56. The van der Waals surface area contributed by atoms with E-state index in [1.165, 1.54) is 5.56 Å². The Morgan fingerprint density at radius 1 is 1.33 bits per heavy atom. The Morgan fingerprint density at radius 2 is 2.10 bits per heavy atom. The molecule has 1 atom stereocenters. The van der Waals surface area contributed by atoms with E-state index in [1.807, 2.05) is 24.0 Å². The van der Waals surface area contributed by atoms with Crippen LogP contribution < -0.4 is 10.1 Å². The van der Waals surface area contributed by atoms with Gasteiger partial charge in [0.2, 0.25) is 5.91 Å². The van der Waals surface area contributed by atoms with Crippen molar-refractivity contribution in [3.63, 3.8) is 0 Å². The van der Waals surface area contributed by atoms with Gasteiger partial charge in [-0.1, -0.05) is 19.1 Å². The van der Waals surface area contributed by atoms with Crippen LogP contribution in [0.3, 0.4) is 0 Å². The number of nitrogens with zero attached hydrogens (tertiary/aromatic N) is 1. The van der Waals surface area contributed by atoms with Gasteiger partial charge in [0.1, 0.15) is 12.4 Å². The van der Waals surface area contributed by atoms with E-state index in [-0.39, 0.29) is 18.6 Å². The molecule has 0 spiro atoms. The molecule has 1 saturated heterocycles. The minimum Gasteiger partial charge on any atom is -0.494 e. The van der Waals surface area contributed by atoms with Gasteiger partial charge in [0.25, 0.3) is 0 Å². The second-order valence-electron chi connectivity index (χ2n) is 5.00. The Balaban J connectivity index is 2.04. The molecule has 1 aromatic rings. The summed E-state index contributed by atoms with van der Waals surface area (Å²) < 4.78 is 10.6. The highest BCUT2D eigenvalue weighted by atomic mass is 16.5. The molecule has 1 N–H and O–H groups in total. The summed E-state index contributed by atoms with van der Waals surface area (Å²) in [7, 11) is 0. The van der Waals surface area contributed by atoms with Crippen LogP contribution in [0, 0.1) is 0 Å². The third kappa shape index (κ3) is 4.44. The van der Waals surface area contributed by atoms with Crippen LogP contribution in [-0.4, -0.2) is 50.3 Å². The van der Waals surface area contributed by atoms with E-state index < -0.39 is 0 Å². The maximum atomic E-state index is 11.9. The van der Waals surface area contributed by atoms with E-state index >= 15 is 0 Å². The molecule has 21 heavy (non-hydrogen) atoms. The van der Waals surface area contributed by atoms with Crippen LogP contribution >= 0.6 is 0 Å². The number of hydrogen-bond donors (Lipinski definition) is 1. The monoisotopic (exact) mass is 292 g/mol. The number of likely N-dealkylation sites (N-methyl/N-ethyl adjacent to an activating group) is 1. The maximum Gasteiger partial charge on any atom is 0.248 e. The summed E-state index contributed by atoms with van der Waals surface area (Å²) in [6.45, 7) is 7.72. The minimum atomic E-state index is 0.0649. The molecule has 1 unspecified atom stereocenters. The smallest absolute Gasteiger partial charge is 0.248 e. The maximum absolute atomic E-state index is 11.9. The number of benzene rings is 1. The van der Waals surface area contributed by atoms with Gasteiger partial charge in [0.15, 0.2) is 0 Å². The number of amides is 1. The molecule has 2 rings (SSSR count). The molecule has 1 heterocycles. The summed E-state index contributed by atoms with van der Waals surface area (Å²) in [6.07, 6.45) is 0. The Kier molecular flexibility index (Phi) is 6.02.